The third kappa shape index (κ3) is 3.09. The Bertz CT molecular complexity index is 811. The summed E-state index contributed by atoms with van der Waals surface area (Å²) in [5.74, 6) is 3.25. The summed E-state index contributed by atoms with van der Waals surface area (Å²) >= 11 is 1.66. The highest BCUT2D eigenvalue weighted by Gasteiger charge is 2.38. The quantitative estimate of drug-likeness (QED) is 0.733. The molecule has 0 atom stereocenters. The normalized spacial score (nSPS) is 16.0. The van der Waals surface area contributed by atoms with Crippen LogP contribution in [0.4, 0.5) is 0 Å². The second-order valence-corrected chi connectivity index (χ2v) is 7.01. The third-order valence-electron chi connectivity index (χ3n) is 4.21. The van der Waals surface area contributed by atoms with Gasteiger partial charge in [0.05, 0.1) is 17.0 Å². The van der Waals surface area contributed by atoms with Gasteiger partial charge in [0.15, 0.2) is 5.82 Å². The lowest BCUT2D eigenvalue weighted by molar-refractivity contribution is 0.229. The third-order valence-corrected chi connectivity index (χ3v) is 5.16. The molecule has 0 radical (unpaired) electrons. The number of aromatic nitrogens is 3. The summed E-state index contributed by atoms with van der Waals surface area (Å²) in [5, 5.41) is 4.02. The lowest BCUT2D eigenvalue weighted by Crippen LogP contribution is -2.44. The molecule has 1 saturated carbocycles. The highest BCUT2D eigenvalue weighted by atomic mass is 32.2. The van der Waals surface area contributed by atoms with Crippen molar-refractivity contribution in [3.05, 3.63) is 54.0 Å². The minimum atomic E-state index is -0.372. The van der Waals surface area contributed by atoms with Crippen LogP contribution in [0.1, 0.15) is 36.7 Å². The van der Waals surface area contributed by atoms with Crippen LogP contribution in [0.15, 0.2) is 45.5 Å². The maximum absolute atomic E-state index is 6.20. The van der Waals surface area contributed by atoms with Crippen molar-refractivity contribution in [2.75, 3.05) is 0 Å². The van der Waals surface area contributed by atoms with E-state index in [2.05, 4.69) is 15.1 Å². The Morgan fingerprint density at radius 1 is 1.12 bits per heavy atom. The van der Waals surface area contributed by atoms with Crippen molar-refractivity contribution in [1.82, 2.24) is 15.1 Å². The first-order valence-corrected chi connectivity index (χ1v) is 9.08. The molecule has 0 amide bonds. The predicted octanol–water partition coefficient (Wildman–Crippen LogP) is 3.50. The zero-order chi connectivity index (χ0) is 16.4. The number of nitrogens with zero attached hydrogens (tertiary/aromatic N) is 3. The van der Waals surface area contributed by atoms with Gasteiger partial charge >= 0.3 is 0 Å². The number of hydrogen-bond acceptors (Lipinski definition) is 7. The second kappa shape index (κ2) is 6.41. The van der Waals surface area contributed by atoms with E-state index in [4.69, 9.17) is 14.7 Å². The van der Waals surface area contributed by atoms with Crippen LogP contribution in [-0.4, -0.2) is 15.1 Å². The molecule has 0 spiro atoms. The van der Waals surface area contributed by atoms with Gasteiger partial charge in [-0.05, 0) is 31.4 Å². The summed E-state index contributed by atoms with van der Waals surface area (Å²) in [6, 6.07) is 9.86. The maximum Gasteiger partial charge on any atom is 0.236 e. The molecule has 1 aliphatic carbocycles. The molecule has 6 nitrogen and oxygen atoms in total. The molecule has 0 bridgehead atoms. The fourth-order valence-corrected chi connectivity index (χ4v) is 3.36. The summed E-state index contributed by atoms with van der Waals surface area (Å²) < 4.78 is 10.8. The van der Waals surface area contributed by atoms with Crippen molar-refractivity contribution < 1.29 is 8.94 Å². The lowest BCUT2D eigenvalue weighted by atomic mass is 9.77. The molecule has 24 heavy (non-hydrogen) atoms. The minimum absolute atomic E-state index is 0.372. The molecule has 2 heterocycles. The largest absolute Gasteiger partial charge is 0.444 e. The Hall–Kier alpha value is -2.12. The summed E-state index contributed by atoms with van der Waals surface area (Å²) in [6.07, 6.45) is 4.68. The zero-order valence-corrected chi connectivity index (χ0v) is 14.0. The Morgan fingerprint density at radius 3 is 2.71 bits per heavy atom. The highest BCUT2D eigenvalue weighted by molar-refractivity contribution is 7.97. The SMILES string of the molecule is NC1(c2noc(CSCc3coc(-c4ccccc4)n3)n2)CCC1. The topological polar surface area (TPSA) is 91.0 Å². The van der Waals surface area contributed by atoms with E-state index in [1.165, 1.54) is 0 Å². The Kier molecular flexibility index (Phi) is 4.12. The van der Waals surface area contributed by atoms with Gasteiger partial charge in [-0.3, -0.25) is 0 Å². The van der Waals surface area contributed by atoms with Crippen molar-refractivity contribution in [3.63, 3.8) is 0 Å². The van der Waals surface area contributed by atoms with Crippen molar-refractivity contribution in [3.8, 4) is 11.5 Å². The first-order valence-electron chi connectivity index (χ1n) is 7.92. The first kappa shape index (κ1) is 15.4. The summed E-state index contributed by atoms with van der Waals surface area (Å²) in [4.78, 5) is 8.92. The summed E-state index contributed by atoms with van der Waals surface area (Å²) in [6.45, 7) is 0. The summed E-state index contributed by atoms with van der Waals surface area (Å²) in [5.41, 5.74) is 7.70. The van der Waals surface area contributed by atoms with E-state index in [1.54, 1.807) is 18.0 Å². The van der Waals surface area contributed by atoms with E-state index in [0.29, 0.717) is 23.4 Å². The lowest BCUT2D eigenvalue weighted by Gasteiger charge is -2.34. The first-order chi connectivity index (χ1) is 11.7. The van der Waals surface area contributed by atoms with Gasteiger partial charge in [0.25, 0.3) is 0 Å². The number of oxazole rings is 1. The smallest absolute Gasteiger partial charge is 0.236 e. The number of thioether (sulfide) groups is 1. The van der Waals surface area contributed by atoms with Gasteiger partial charge in [0, 0.05) is 11.3 Å². The number of rotatable bonds is 6. The maximum atomic E-state index is 6.20. The van der Waals surface area contributed by atoms with E-state index in [-0.39, 0.29) is 5.54 Å². The van der Waals surface area contributed by atoms with Gasteiger partial charge in [-0.2, -0.15) is 4.98 Å². The van der Waals surface area contributed by atoms with E-state index in [0.717, 1.165) is 36.3 Å². The van der Waals surface area contributed by atoms with Crippen LogP contribution in [0.5, 0.6) is 0 Å². The van der Waals surface area contributed by atoms with Gasteiger partial charge in [0.2, 0.25) is 11.8 Å². The molecular weight excluding hydrogens is 324 g/mol. The molecular formula is C17H18N4O2S. The number of benzene rings is 1. The average Bonchev–Trinajstić information content (AvgIpc) is 3.23. The molecule has 7 heteroatoms. The Balaban J connectivity index is 1.32. The molecule has 1 fully saturated rings. The van der Waals surface area contributed by atoms with Crippen LogP contribution in [0.25, 0.3) is 11.5 Å². The Labute approximate surface area is 143 Å². The van der Waals surface area contributed by atoms with E-state index in [9.17, 15) is 0 Å². The van der Waals surface area contributed by atoms with Crippen molar-refractivity contribution in [1.29, 1.82) is 0 Å². The standard InChI is InChI=1S/C17H18N4O2S/c18-17(7-4-8-17)16-20-14(23-21-16)11-24-10-13-9-22-15(19-13)12-5-2-1-3-6-12/h1-3,5-6,9H,4,7-8,10-11,18H2. The van der Waals surface area contributed by atoms with Crippen LogP contribution in [0.2, 0.25) is 0 Å². The molecule has 3 aromatic rings. The average molecular weight is 342 g/mol. The van der Waals surface area contributed by atoms with Crippen LogP contribution in [0, 0.1) is 0 Å². The zero-order valence-electron chi connectivity index (χ0n) is 13.1. The number of nitrogens with two attached hydrogens (primary N) is 1. The molecule has 4 rings (SSSR count). The fourth-order valence-electron chi connectivity index (χ4n) is 2.63. The number of hydrogen-bond donors (Lipinski definition) is 1. The fraction of sp³-hybridized carbons (Fsp3) is 0.353. The molecule has 2 N–H and O–H groups in total. The molecule has 2 aromatic heterocycles. The van der Waals surface area contributed by atoms with Crippen LogP contribution in [0.3, 0.4) is 0 Å². The molecule has 0 saturated heterocycles. The minimum Gasteiger partial charge on any atom is -0.444 e. The van der Waals surface area contributed by atoms with Crippen molar-refractivity contribution in [2.45, 2.75) is 36.3 Å². The summed E-state index contributed by atoms with van der Waals surface area (Å²) in [7, 11) is 0. The van der Waals surface area contributed by atoms with Crippen LogP contribution < -0.4 is 5.73 Å². The van der Waals surface area contributed by atoms with E-state index in [1.807, 2.05) is 30.3 Å². The second-order valence-electron chi connectivity index (χ2n) is 6.02. The van der Waals surface area contributed by atoms with Gasteiger partial charge in [-0.1, -0.05) is 23.4 Å². The van der Waals surface area contributed by atoms with Crippen molar-refractivity contribution in [2.24, 2.45) is 5.73 Å². The van der Waals surface area contributed by atoms with Gasteiger partial charge in [-0.15, -0.1) is 11.8 Å². The Morgan fingerprint density at radius 2 is 1.96 bits per heavy atom. The van der Waals surface area contributed by atoms with Gasteiger partial charge in [0.1, 0.15) is 6.26 Å². The molecule has 1 aliphatic rings. The van der Waals surface area contributed by atoms with Gasteiger partial charge < -0.3 is 14.7 Å². The molecule has 0 unspecified atom stereocenters. The van der Waals surface area contributed by atoms with E-state index >= 15 is 0 Å². The van der Waals surface area contributed by atoms with Crippen LogP contribution in [-0.2, 0) is 17.0 Å². The monoisotopic (exact) mass is 342 g/mol. The van der Waals surface area contributed by atoms with Gasteiger partial charge in [-0.25, -0.2) is 4.98 Å². The predicted molar refractivity (Wildman–Crippen MR) is 91.0 cm³/mol. The van der Waals surface area contributed by atoms with Crippen LogP contribution >= 0.6 is 11.8 Å². The molecule has 124 valence electrons. The van der Waals surface area contributed by atoms with E-state index < -0.39 is 0 Å². The molecule has 0 aliphatic heterocycles. The molecule has 1 aromatic carbocycles. The van der Waals surface area contributed by atoms with Crippen molar-refractivity contribution >= 4 is 11.8 Å². The highest BCUT2D eigenvalue weighted by Crippen LogP contribution is 2.37.